The maximum Gasteiger partial charge on any atom is 0.522 e. The van der Waals surface area contributed by atoms with Crippen LogP contribution in [0.1, 0.15) is 70.1 Å². The summed E-state index contributed by atoms with van der Waals surface area (Å²) < 4.78 is 123. The third-order valence-corrected chi connectivity index (χ3v) is 8.52. The van der Waals surface area contributed by atoms with Crippen molar-refractivity contribution in [1.82, 2.24) is 0 Å². The molecule has 0 aliphatic heterocycles. The molecule has 0 saturated carbocycles. The maximum atomic E-state index is 10.7. The second-order valence-corrected chi connectivity index (χ2v) is 13.7. The van der Waals surface area contributed by atoms with Crippen molar-refractivity contribution < 1.29 is 70.2 Å². The Balaban J connectivity index is 0.000000780. The zero-order valence-corrected chi connectivity index (χ0v) is 26.0. The van der Waals surface area contributed by atoms with Crippen LogP contribution in [-0.2, 0) is 43.6 Å². The fourth-order valence-electron chi connectivity index (χ4n) is 2.76. The number of benzene rings is 2. The molecule has 0 unspecified atom stereocenters. The van der Waals surface area contributed by atoms with Gasteiger partial charge in [-0.1, -0.05) is 0 Å². The van der Waals surface area contributed by atoms with E-state index in [1.165, 1.54) is 22.4 Å². The van der Waals surface area contributed by atoms with Gasteiger partial charge in [0.15, 0.2) is 0 Å². The van der Waals surface area contributed by atoms with Gasteiger partial charge in [0.1, 0.15) is 0 Å². The van der Waals surface area contributed by atoms with Crippen LogP contribution in [0, 0.1) is 0 Å². The van der Waals surface area contributed by atoms with Crippen molar-refractivity contribution in [1.29, 1.82) is 0 Å². The van der Waals surface area contributed by atoms with Gasteiger partial charge in [-0.3, -0.25) is 9.11 Å². The molecule has 2 aromatic rings. The van der Waals surface area contributed by atoms with Crippen LogP contribution in [0.4, 0.5) is 32.0 Å². The van der Waals surface area contributed by atoms with E-state index in [0.717, 1.165) is 0 Å². The van der Waals surface area contributed by atoms with E-state index < -0.39 is 49.2 Å². The average Bonchev–Trinajstić information content (AvgIpc) is 2.77. The molecule has 2 rings (SSSR count). The summed E-state index contributed by atoms with van der Waals surface area (Å²) in [7, 11) is -11.7. The number of alkyl halides is 6. The summed E-state index contributed by atoms with van der Waals surface area (Å²) in [5.74, 6) is 1.02. The Morgan fingerprint density at radius 1 is 0.725 bits per heavy atom. The normalized spacial score (nSPS) is 12.6. The van der Waals surface area contributed by atoms with E-state index in [0.29, 0.717) is 11.8 Å². The Bertz CT molecular complexity index is 1310. The number of hydrogen-bond acceptors (Lipinski definition) is 5. The first-order valence-electron chi connectivity index (χ1n) is 11.3. The van der Waals surface area contributed by atoms with E-state index in [1.807, 2.05) is 0 Å². The molecule has 0 fully saturated rings. The fraction of sp³-hybridized carbons (Fsp3) is 0.458. The molecule has 0 amide bonds. The number of rotatable bonds is 5. The molecular weight excluding hydrogens is 672 g/mol. The van der Waals surface area contributed by atoms with Crippen molar-refractivity contribution in [2.45, 2.75) is 69.8 Å². The number of hydrogen-bond donors (Lipinski definition) is 2. The molecule has 0 aromatic heterocycles. The summed E-state index contributed by atoms with van der Waals surface area (Å²) in [5, 5.41) is 0. The van der Waals surface area contributed by atoms with Gasteiger partial charge in [-0.05, 0) is 0 Å². The largest absolute Gasteiger partial charge is 0.522 e. The third kappa shape index (κ3) is 12.8. The quantitative estimate of drug-likeness (QED) is 0.145. The summed E-state index contributed by atoms with van der Waals surface area (Å²) in [6.07, 6.45) is 0. The summed E-state index contributed by atoms with van der Waals surface area (Å²) in [4.78, 5) is 0. The first kappa shape index (κ1) is 38.2. The van der Waals surface area contributed by atoms with Crippen LogP contribution in [-0.4, -0.2) is 41.4 Å². The molecule has 7 nitrogen and oxygen atoms in total. The third-order valence-electron chi connectivity index (χ3n) is 4.94. The summed E-state index contributed by atoms with van der Waals surface area (Å²) in [5.41, 5.74) is -5.59. The Kier molecular flexibility index (Phi) is 14.2. The maximum absolute atomic E-state index is 10.7. The molecule has 40 heavy (non-hydrogen) atoms. The van der Waals surface area contributed by atoms with Gasteiger partial charge in [0, 0.05) is 0 Å². The molecule has 0 heterocycles. The van der Waals surface area contributed by atoms with Gasteiger partial charge in [0.05, 0.1) is 0 Å². The van der Waals surface area contributed by atoms with Crippen molar-refractivity contribution in [3.63, 3.8) is 0 Å². The first-order chi connectivity index (χ1) is 17.8. The van der Waals surface area contributed by atoms with Gasteiger partial charge in [0.25, 0.3) is 0 Å². The monoisotopic (exact) mass is 705 g/mol. The second-order valence-electron chi connectivity index (χ2n) is 9.34. The van der Waals surface area contributed by atoms with Crippen molar-refractivity contribution in [2.24, 2.45) is 3.50 Å². The van der Waals surface area contributed by atoms with Crippen LogP contribution in [0.15, 0.2) is 52.0 Å². The van der Waals surface area contributed by atoms with Crippen molar-refractivity contribution in [3.8, 4) is 0 Å². The van der Waals surface area contributed by atoms with Crippen LogP contribution in [0.2, 0.25) is 0 Å². The van der Waals surface area contributed by atoms with E-state index in [4.69, 9.17) is 29.4 Å². The molecule has 0 radical (unpaired) electrons. The predicted octanol–water partition coefficient (Wildman–Crippen LogP) is 7.40. The Hall–Kier alpha value is -1.80. The van der Waals surface area contributed by atoms with Gasteiger partial charge < -0.3 is 0 Å². The van der Waals surface area contributed by atoms with E-state index in [9.17, 15) is 26.3 Å². The minimum atomic E-state index is -5.84. The molecule has 0 aliphatic rings. The van der Waals surface area contributed by atoms with Crippen molar-refractivity contribution >= 4 is 30.3 Å². The summed E-state index contributed by atoms with van der Waals surface area (Å²) >= 11 is -0.553. The molecule has 0 spiro atoms. The fourth-order valence-corrected chi connectivity index (χ4v) is 4.65. The smallest absolute Gasteiger partial charge is 0.279 e. The van der Waals surface area contributed by atoms with Crippen LogP contribution in [0.3, 0.4) is 0 Å². The SMILES string of the molecule is CC(C)c1cccc(C(C)C)c1[N]=[Mo]=[CH]C(C)(C)c1ccccc1.O=S(=O)(O)C(F)(F)F.O=S(=O)(O)C(F)(F)F. The predicted molar refractivity (Wildman–Crippen MR) is 137 cm³/mol. The van der Waals surface area contributed by atoms with Gasteiger partial charge >= 0.3 is 187 Å². The Morgan fingerprint density at radius 2 is 1.07 bits per heavy atom. The molecule has 0 bridgehead atoms. The molecule has 16 heteroatoms. The van der Waals surface area contributed by atoms with E-state index in [1.54, 1.807) is 0 Å². The minimum Gasteiger partial charge on any atom is -0.279 e. The van der Waals surface area contributed by atoms with Crippen LogP contribution < -0.4 is 0 Å². The molecular formula is C24H31F6MoNO6S2. The molecule has 2 N–H and O–H groups in total. The van der Waals surface area contributed by atoms with Gasteiger partial charge in [-0.2, -0.15) is 43.2 Å². The Morgan fingerprint density at radius 3 is 1.38 bits per heavy atom. The van der Waals surface area contributed by atoms with E-state index in [-0.39, 0.29) is 5.41 Å². The average molecular weight is 704 g/mol. The minimum absolute atomic E-state index is 0.0811. The standard InChI is InChI=1S/C12H17N.C10H12.2CHF3O3S.Mo/c1-8(2)10-6-5-7-11(9(3)4)12(10)13;1-10(2,3)9-7-5-4-6-8-9;2*2-1(3,4)8(5,6)7;/h5-9H,1-4H3;1,4-8H,2-3H3;2*(H,5,6,7);. The van der Waals surface area contributed by atoms with E-state index >= 15 is 0 Å². The number of halogens is 6. The summed E-state index contributed by atoms with van der Waals surface area (Å²) in [6.45, 7) is 13.6. The van der Waals surface area contributed by atoms with Crippen LogP contribution in [0.5, 0.6) is 0 Å². The zero-order chi connectivity index (χ0) is 31.7. The van der Waals surface area contributed by atoms with Crippen LogP contribution >= 0.6 is 0 Å². The first-order valence-corrected chi connectivity index (χ1v) is 16.2. The number of nitrogens with zero attached hydrogens (tertiary/aromatic N) is 1. The van der Waals surface area contributed by atoms with Crippen molar-refractivity contribution in [3.05, 3.63) is 65.2 Å². The van der Waals surface area contributed by atoms with Gasteiger partial charge in [0.2, 0.25) is 0 Å². The van der Waals surface area contributed by atoms with E-state index in [2.05, 4.69) is 94.5 Å². The second kappa shape index (κ2) is 14.9. The van der Waals surface area contributed by atoms with Crippen molar-refractivity contribution in [2.75, 3.05) is 0 Å². The molecule has 228 valence electrons. The molecule has 2 aromatic carbocycles. The molecule has 0 atom stereocenters. The summed E-state index contributed by atoms with van der Waals surface area (Å²) in [6, 6.07) is 17.4. The van der Waals surface area contributed by atoms with Gasteiger partial charge in [-0.25, -0.2) is 0 Å². The topological polar surface area (TPSA) is 121 Å². The van der Waals surface area contributed by atoms with Crippen LogP contribution in [0.25, 0.3) is 0 Å². The Labute approximate surface area is 238 Å². The molecule has 0 saturated heterocycles. The zero-order valence-electron chi connectivity index (χ0n) is 22.3. The van der Waals surface area contributed by atoms with Gasteiger partial charge in [-0.15, -0.1) is 0 Å². The molecule has 0 aliphatic carbocycles.